The van der Waals surface area contributed by atoms with Gasteiger partial charge in [-0.1, -0.05) is 18.9 Å². The van der Waals surface area contributed by atoms with Crippen LogP contribution in [0.3, 0.4) is 0 Å². The van der Waals surface area contributed by atoms with Gasteiger partial charge >= 0.3 is 0 Å². The fourth-order valence-corrected chi connectivity index (χ4v) is 4.33. The molecule has 0 amide bonds. The largest absolute Gasteiger partial charge is 0.212 e. The lowest BCUT2D eigenvalue weighted by Crippen LogP contribution is -2.33. The van der Waals surface area contributed by atoms with Gasteiger partial charge in [0.1, 0.15) is 0 Å². The first-order valence-corrected chi connectivity index (χ1v) is 8.32. The predicted molar refractivity (Wildman–Crippen MR) is 67.1 cm³/mol. The summed E-state index contributed by atoms with van der Waals surface area (Å²) in [5.74, 6) is 0. The number of rotatable bonds is 2. The number of thiophene rings is 1. The molecule has 1 saturated heterocycles. The van der Waals surface area contributed by atoms with Crippen molar-refractivity contribution in [3.8, 4) is 0 Å². The standard InChI is InChI=1S/C11H17NO2S2/c1-16(13,14)12-8-4-2-3-6-10(12)11-7-5-9-15-11/h5,7,9-10H,2-4,6,8H2,1H3/t10-/m0/s1. The summed E-state index contributed by atoms with van der Waals surface area (Å²) in [5.41, 5.74) is 0. The molecule has 0 aliphatic carbocycles. The van der Waals surface area contributed by atoms with Crippen LogP contribution >= 0.6 is 11.3 Å². The zero-order valence-electron chi connectivity index (χ0n) is 9.43. The summed E-state index contributed by atoms with van der Waals surface area (Å²) in [6.07, 6.45) is 5.50. The molecule has 90 valence electrons. The van der Waals surface area contributed by atoms with Crippen molar-refractivity contribution in [2.45, 2.75) is 31.7 Å². The first-order chi connectivity index (χ1) is 7.59. The maximum absolute atomic E-state index is 11.8. The molecule has 5 heteroatoms. The number of sulfonamides is 1. The molecular weight excluding hydrogens is 242 g/mol. The Kier molecular flexibility index (Phi) is 3.66. The molecule has 2 heterocycles. The van der Waals surface area contributed by atoms with Gasteiger partial charge in [0.15, 0.2) is 0 Å². The molecule has 0 saturated carbocycles. The monoisotopic (exact) mass is 259 g/mol. The van der Waals surface area contributed by atoms with Crippen molar-refractivity contribution in [2.24, 2.45) is 0 Å². The SMILES string of the molecule is CS(=O)(=O)N1CCCCC[C@H]1c1cccs1. The zero-order valence-corrected chi connectivity index (χ0v) is 11.1. The van der Waals surface area contributed by atoms with Gasteiger partial charge in [0.25, 0.3) is 0 Å². The maximum atomic E-state index is 11.8. The van der Waals surface area contributed by atoms with E-state index < -0.39 is 10.0 Å². The van der Waals surface area contributed by atoms with Crippen molar-refractivity contribution in [3.05, 3.63) is 22.4 Å². The van der Waals surface area contributed by atoms with E-state index in [0.29, 0.717) is 6.54 Å². The van der Waals surface area contributed by atoms with Gasteiger partial charge in [0.05, 0.1) is 12.3 Å². The van der Waals surface area contributed by atoms with Crippen LogP contribution in [0, 0.1) is 0 Å². The lowest BCUT2D eigenvalue weighted by atomic mass is 10.1. The summed E-state index contributed by atoms with van der Waals surface area (Å²) >= 11 is 1.65. The lowest BCUT2D eigenvalue weighted by Gasteiger charge is -2.26. The van der Waals surface area contributed by atoms with Crippen molar-refractivity contribution >= 4 is 21.4 Å². The quantitative estimate of drug-likeness (QED) is 0.818. The highest BCUT2D eigenvalue weighted by Crippen LogP contribution is 2.34. The van der Waals surface area contributed by atoms with E-state index >= 15 is 0 Å². The molecule has 1 fully saturated rings. The lowest BCUT2D eigenvalue weighted by molar-refractivity contribution is 0.335. The third-order valence-corrected chi connectivity index (χ3v) is 5.26. The molecule has 2 rings (SSSR count). The second kappa shape index (κ2) is 4.85. The second-order valence-corrected chi connectivity index (χ2v) is 7.17. The van der Waals surface area contributed by atoms with Crippen LogP contribution in [0.25, 0.3) is 0 Å². The van der Waals surface area contributed by atoms with Crippen LogP contribution in [0.15, 0.2) is 17.5 Å². The Morgan fingerprint density at radius 3 is 2.81 bits per heavy atom. The van der Waals surface area contributed by atoms with Gasteiger partial charge < -0.3 is 0 Å². The van der Waals surface area contributed by atoms with E-state index in [1.165, 1.54) is 11.1 Å². The Labute approximate surface area is 101 Å². The maximum Gasteiger partial charge on any atom is 0.211 e. The Morgan fingerprint density at radius 2 is 2.19 bits per heavy atom. The number of hydrogen-bond donors (Lipinski definition) is 0. The molecule has 16 heavy (non-hydrogen) atoms. The third-order valence-electron chi connectivity index (χ3n) is 3.00. The minimum absolute atomic E-state index is 0.0671. The Morgan fingerprint density at radius 1 is 1.38 bits per heavy atom. The zero-order chi connectivity index (χ0) is 11.6. The first-order valence-electron chi connectivity index (χ1n) is 5.59. The molecule has 0 bridgehead atoms. The predicted octanol–water partition coefficient (Wildman–Crippen LogP) is 2.62. The summed E-state index contributed by atoms with van der Waals surface area (Å²) in [6, 6.07) is 4.10. The molecule has 0 radical (unpaired) electrons. The smallest absolute Gasteiger partial charge is 0.211 e. The summed E-state index contributed by atoms with van der Waals surface area (Å²) in [4.78, 5) is 1.17. The normalized spacial score (nSPS) is 24.2. The van der Waals surface area contributed by atoms with E-state index in [0.717, 1.165) is 25.7 Å². The number of hydrogen-bond acceptors (Lipinski definition) is 3. The molecule has 1 atom stereocenters. The van der Waals surface area contributed by atoms with Crippen LogP contribution in [0.1, 0.15) is 36.6 Å². The van der Waals surface area contributed by atoms with Gasteiger partial charge in [-0.05, 0) is 24.3 Å². The van der Waals surface area contributed by atoms with E-state index in [-0.39, 0.29) is 6.04 Å². The molecule has 1 aliphatic heterocycles. The second-order valence-electron chi connectivity index (χ2n) is 4.25. The van der Waals surface area contributed by atoms with Crippen LogP contribution in [-0.2, 0) is 10.0 Å². The summed E-state index contributed by atoms with van der Waals surface area (Å²) in [7, 11) is -3.08. The average Bonchev–Trinajstić information content (AvgIpc) is 2.60. The Hall–Kier alpha value is -0.390. The fourth-order valence-electron chi connectivity index (χ4n) is 2.24. The minimum Gasteiger partial charge on any atom is -0.212 e. The number of nitrogens with zero attached hydrogens (tertiary/aromatic N) is 1. The average molecular weight is 259 g/mol. The molecule has 0 spiro atoms. The van der Waals surface area contributed by atoms with E-state index in [9.17, 15) is 8.42 Å². The first kappa shape index (κ1) is 12.1. The van der Waals surface area contributed by atoms with Crippen molar-refractivity contribution in [2.75, 3.05) is 12.8 Å². The van der Waals surface area contributed by atoms with Gasteiger partial charge in [-0.3, -0.25) is 0 Å². The van der Waals surface area contributed by atoms with Crippen LogP contribution in [-0.4, -0.2) is 25.5 Å². The third kappa shape index (κ3) is 2.64. The molecule has 1 aromatic heterocycles. The van der Waals surface area contributed by atoms with Crippen molar-refractivity contribution < 1.29 is 8.42 Å². The highest BCUT2D eigenvalue weighted by atomic mass is 32.2. The molecule has 1 aromatic rings. The van der Waals surface area contributed by atoms with E-state index in [1.54, 1.807) is 15.6 Å². The highest BCUT2D eigenvalue weighted by Gasteiger charge is 2.29. The summed E-state index contributed by atoms with van der Waals surface area (Å²) < 4.78 is 25.2. The van der Waals surface area contributed by atoms with Crippen LogP contribution in [0.4, 0.5) is 0 Å². The van der Waals surface area contributed by atoms with Gasteiger partial charge in [0.2, 0.25) is 10.0 Å². The van der Waals surface area contributed by atoms with E-state index in [1.807, 2.05) is 17.5 Å². The van der Waals surface area contributed by atoms with E-state index in [4.69, 9.17) is 0 Å². The fraction of sp³-hybridized carbons (Fsp3) is 0.636. The Balaban J connectivity index is 2.30. The topological polar surface area (TPSA) is 37.4 Å². The molecule has 0 aromatic carbocycles. The van der Waals surface area contributed by atoms with Crippen LogP contribution in [0.5, 0.6) is 0 Å². The van der Waals surface area contributed by atoms with Gasteiger partial charge in [-0.15, -0.1) is 11.3 Å². The highest BCUT2D eigenvalue weighted by molar-refractivity contribution is 7.88. The molecule has 3 nitrogen and oxygen atoms in total. The van der Waals surface area contributed by atoms with E-state index in [2.05, 4.69) is 0 Å². The van der Waals surface area contributed by atoms with Gasteiger partial charge in [0, 0.05) is 11.4 Å². The van der Waals surface area contributed by atoms with Crippen molar-refractivity contribution in [1.82, 2.24) is 4.31 Å². The van der Waals surface area contributed by atoms with Gasteiger partial charge in [-0.25, -0.2) is 8.42 Å². The summed E-state index contributed by atoms with van der Waals surface area (Å²) in [6.45, 7) is 0.668. The Bertz CT molecular complexity index is 425. The van der Waals surface area contributed by atoms with Gasteiger partial charge in [-0.2, -0.15) is 4.31 Å². The molecule has 0 unspecified atom stereocenters. The van der Waals surface area contributed by atoms with Crippen molar-refractivity contribution in [1.29, 1.82) is 0 Å². The molecule has 0 N–H and O–H groups in total. The molecular formula is C11H17NO2S2. The van der Waals surface area contributed by atoms with Crippen LogP contribution < -0.4 is 0 Å². The molecule has 1 aliphatic rings. The summed E-state index contributed by atoms with van der Waals surface area (Å²) in [5, 5.41) is 2.01. The minimum atomic E-state index is -3.08. The van der Waals surface area contributed by atoms with Crippen LogP contribution in [0.2, 0.25) is 0 Å². The van der Waals surface area contributed by atoms with Crippen molar-refractivity contribution in [3.63, 3.8) is 0 Å².